The molecular formula is C50H70F3N9O8. The van der Waals surface area contributed by atoms with Crippen molar-refractivity contribution in [3.8, 4) is 22.4 Å². The van der Waals surface area contributed by atoms with Crippen molar-refractivity contribution >= 4 is 43.0 Å². The highest BCUT2D eigenvalue weighted by atomic mass is 19.4. The maximum atomic E-state index is 14.8. The number of likely N-dealkylation sites (N-methyl/N-ethyl adjacent to an activating group) is 1. The molecule has 2 aromatic heterocycles. The SMILES string of the molecule is C=CC(=O)N1CCC(C=O)C1.COC(C)c1c(-c2c(CC(C)(C)COC=O)c(-c3cccc(CC(NC(=O)C(C(C)C)N(C)C)C(=O)N4CCCCN4)c3)c(/C=C\NC=O)n2CC(F)(F)F)cnn1C. The average molecular weight is 982 g/mol. The molecule has 4 unspecified atom stereocenters. The molecule has 20 heteroatoms. The lowest BCUT2D eigenvalue weighted by Gasteiger charge is -2.33. The molecule has 2 aliphatic rings. The van der Waals surface area contributed by atoms with Gasteiger partial charge in [-0.2, -0.15) is 18.3 Å². The number of hydrogen-bond donors (Lipinski definition) is 3. The summed E-state index contributed by atoms with van der Waals surface area (Å²) < 4.78 is 58.0. The number of carbonyl (C=O) groups is 6. The van der Waals surface area contributed by atoms with Gasteiger partial charge in [-0.25, -0.2) is 5.43 Å². The summed E-state index contributed by atoms with van der Waals surface area (Å²) in [5.74, 6) is -0.701. The summed E-state index contributed by atoms with van der Waals surface area (Å²) in [5, 5.41) is 11.4. The topological polar surface area (TPSA) is 189 Å². The highest BCUT2D eigenvalue weighted by molar-refractivity contribution is 5.91. The van der Waals surface area contributed by atoms with Gasteiger partial charge in [-0.3, -0.25) is 38.6 Å². The highest BCUT2D eigenvalue weighted by Crippen LogP contribution is 2.45. The zero-order valence-corrected chi connectivity index (χ0v) is 41.8. The van der Waals surface area contributed by atoms with Crippen LogP contribution in [-0.4, -0.2) is 138 Å². The van der Waals surface area contributed by atoms with Crippen molar-refractivity contribution in [3.05, 3.63) is 71.8 Å². The Morgan fingerprint density at radius 1 is 1.09 bits per heavy atom. The fraction of sp³-hybridized carbons (Fsp3) is 0.540. The molecule has 4 amide bonds. The molecule has 5 rings (SSSR count). The molecule has 2 fully saturated rings. The number of aromatic nitrogens is 3. The van der Waals surface area contributed by atoms with Crippen molar-refractivity contribution in [2.45, 2.75) is 97.6 Å². The van der Waals surface area contributed by atoms with Gasteiger partial charge >= 0.3 is 6.18 Å². The number of amides is 4. The summed E-state index contributed by atoms with van der Waals surface area (Å²) in [5.41, 5.74) is 5.72. The minimum atomic E-state index is -4.69. The number of hydrazine groups is 1. The summed E-state index contributed by atoms with van der Waals surface area (Å²) in [7, 11) is 6.80. The molecule has 70 heavy (non-hydrogen) atoms. The fourth-order valence-corrected chi connectivity index (χ4v) is 9.16. The number of likely N-dealkylation sites (tertiary alicyclic amines) is 1. The second-order valence-corrected chi connectivity index (χ2v) is 19.0. The number of benzene rings is 1. The average Bonchev–Trinajstić information content (AvgIpc) is 4.02. The number of halogens is 3. The van der Waals surface area contributed by atoms with Crippen LogP contribution in [-0.2, 0) is 64.7 Å². The number of hydrogen-bond acceptors (Lipinski definition) is 11. The van der Waals surface area contributed by atoms with Crippen LogP contribution in [0.2, 0.25) is 0 Å². The van der Waals surface area contributed by atoms with Crippen LogP contribution in [0.4, 0.5) is 13.2 Å². The first-order valence-corrected chi connectivity index (χ1v) is 23.4. The van der Waals surface area contributed by atoms with Crippen LogP contribution in [0.5, 0.6) is 0 Å². The van der Waals surface area contributed by atoms with E-state index in [9.17, 15) is 41.9 Å². The van der Waals surface area contributed by atoms with E-state index in [-0.39, 0.29) is 60.4 Å². The Morgan fingerprint density at radius 3 is 2.39 bits per heavy atom. The zero-order valence-electron chi connectivity index (χ0n) is 41.8. The number of carbonyl (C=O) groups excluding carboxylic acids is 6. The highest BCUT2D eigenvalue weighted by Gasteiger charge is 2.38. The van der Waals surface area contributed by atoms with Gasteiger partial charge in [0.1, 0.15) is 18.9 Å². The lowest BCUT2D eigenvalue weighted by molar-refractivity contribution is -0.141. The normalized spacial score (nSPS) is 16.6. The number of rotatable bonds is 22. The van der Waals surface area contributed by atoms with Gasteiger partial charge in [-0.15, -0.1) is 0 Å². The van der Waals surface area contributed by atoms with Crippen LogP contribution in [0.15, 0.2) is 49.3 Å². The summed E-state index contributed by atoms with van der Waals surface area (Å²) in [6.45, 7) is 13.9. The minimum absolute atomic E-state index is 0.0372. The minimum Gasteiger partial charge on any atom is -0.467 e. The van der Waals surface area contributed by atoms with Crippen molar-refractivity contribution in [1.29, 1.82) is 0 Å². The first-order valence-electron chi connectivity index (χ1n) is 23.4. The standard InChI is InChI=1S/C42H59F3N8O6.C8H11NO2/c1-27(2)36(50(6)7)39(56)49-33(40(57)53-18-11-10-16-47-53)20-29-13-12-14-30(19-29)35-31(21-41(4,5)24-59-26-55)38(32-22-48-51(8)37(32)28(3)58-9)52(23-42(43,44)45)34(35)15-17-46-25-54;1-2-8(11)9-4-3-7(5-9)6-10/h12-15,17,19,22,25-28,33,36,47H,10-11,16,18,20-21,23-24H2,1-9H3,(H,46,54)(H,49,56);2,6-7H,1,3-5H2/b17-15-;. The molecule has 3 aromatic rings. The van der Waals surface area contributed by atoms with E-state index in [0.717, 1.165) is 25.5 Å². The molecule has 4 atom stereocenters. The summed E-state index contributed by atoms with van der Waals surface area (Å²) >= 11 is 0. The van der Waals surface area contributed by atoms with Crippen molar-refractivity contribution in [2.75, 3.05) is 54.0 Å². The quantitative estimate of drug-likeness (QED) is 0.0882. The summed E-state index contributed by atoms with van der Waals surface area (Å²) in [6.07, 6.45) is 4.25. The Hall–Kier alpha value is -6.12. The van der Waals surface area contributed by atoms with Crippen LogP contribution in [0.1, 0.15) is 82.5 Å². The Balaban J connectivity index is 0.000000850. The number of aldehydes is 1. The van der Waals surface area contributed by atoms with Gasteiger partial charge in [0.15, 0.2) is 0 Å². The van der Waals surface area contributed by atoms with E-state index < -0.39 is 36.3 Å². The fourth-order valence-electron chi connectivity index (χ4n) is 9.16. The summed E-state index contributed by atoms with van der Waals surface area (Å²) in [4.78, 5) is 75.4. The van der Waals surface area contributed by atoms with E-state index in [4.69, 9.17) is 9.47 Å². The first-order chi connectivity index (χ1) is 33.1. The number of aryl methyl sites for hydroxylation is 1. The Labute approximate surface area is 408 Å². The molecule has 2 aliphatic heterocycles. The van der Waals surface area contributed by atoms with Gasteiger partial charge in [-0.05, 0) is 81.5 Å². The van der Waals surface area contributed by atoms with Gasteiger partial charge in [0.25, 0.3) is 12.4 Å². The molecule has 0 bridgehead atoms. The van der Waals surface area contributed by atoms with E-state index in [1.165, 1.54) is 36.2 Å². The Kier molecular flexibility index (Phi) is 20.7. The lowest BCUT2D eigenvalue weighted by atomic mass is 9.82. The molecule has 1 aromatic carbocycles. The number of methoxy groups -OCH3 is 1. The van der Waals surface area contributed by atoms with E-state index in [2.05, 4.69) is 27.7 Å². The Morgan fingerprint density at radius 2 is 1.81 bits per heavy atom. The van der Waals surface area contributed by atoms with E-state index in [0.29, 0.717) is 72.6 Å². The number of alkyl halides is 3. The monoisotopic (exact) mass is 982 g/mol. The molecule has 4 heterocycles. The predicted molar refractivity (Wildman–Crippen MR) is 259 cm³/mol. The second-order valence-electron chi connectivity index (χ2n) is 19.0. The van der Waals surface area contributed by atoms with Crippen molar-refractivity contribution in [2.24, 2.45) is 24.3 Å². The van der Waals surface area contributed by atoms with Crippen LogP contribution in [0.3, 0.4) is 0 Å². The third-order valence-electron chi connectivity index (χ3n) is 12.3. The largest absolute Gasteiger partial charge is 0.467 e. The molecule has 0 saturated carbocycles. The third kappa shape index (κ3) is 14.9. The van der Waals surface area contributed by atoms with Crippen molar-refractivity contribution in [1.82, 2.24) is 45.2 Å². The second kappa shape index (κ2) is 25.7. The van der Waals surface area contributed by atoms with Gasteiger partial charge in [0.05, 0.1) is 42.0 Å². The van der Waals surface area contributed by atoms with Crippen molar-refractivity contribution < 1.29 is 51.4 Å². The van der Waals surface area contributed by atoms with E-state index >= 15 is 0 Å². The van der Waals surface area contributed by atoms with Crippen molar-refractivity contribution in [3.63, 3.8) is 0 Å². The van der Waals surface area contributed by atoms with Crippen LogP contribution in [0.25, 0.3) is 28.5 Å². The van der Waals surface area contributed by atoms with Crippen LogP contribution >= 0.6 is 0 Å². The maximum Gasteiger partial charge on any atom is 0.406 e. The van der Waals surface area contributed by atoms with Crippen LogP contribution < -0.4 is 16.1 Å². The first kappa shape index (κ1) is 56.5. The van der Waals surface area contributed by atoms with Crippen LogP contribution in [0, 0.1) is 17.3 Å². The molecule has 2 saturated heterocycles. The number of nitrogens with one attached hydrogen (secondary N) is 3. The van der Waals surface area contributed by atoms with Gasteiger partial charge < -0.3 is 34.4 Å². The predicted octanol–water partition coefficient (Wildman–Crippen LogP) is 5.24. The molecule has 3 N–H and O–H groups in total. The molecular weight excluding hydrogens is 912 g/mol. The van der Waals surface area contributed by atoms with Gasteiger partial charge in [-0.1, -0.05) is 58.5 Å². The molecule has 0 aliphatic carbocycles. The number of ether oxygens (including phenoxy) is 2. The number of nitrogens with zero attached hydrogens (tertiary/aromatic N) is 6. The zero-order chi connectivity index (χ0) is 51.9. The maximum absolute atomic E-state index is 14.8. The lowest BCUT2D eigenvalue weighted by Crippen LogP contribution is -2.58. The van der Waals surface area contributed by atoms with E-state index in [1.54, 1.807) is 54.8 Å². The summed E-state index contributed by atoms with van der Waals surface area (Å²) in [6, 6.07) is 5.66. The molecule has 0 radical (unpaired) electrons. The molecule has 384 valence electrons. The van der Waals surface area contributed by atoms with E-state index in [1.807, 2.05) is 44.7 Å². The molecule has 17 nitrogen and oxygen atoms in total. The Bertz CT molecular complexity index is 2310. The molecule has 0 spiro atoms. The third-order valence-corrected chi connectivity index (χ3v) is 12.3. The van der Waals surface area contributed by atoms with Gasteiger partial charge in [0.2, 0.25) is 18.2 Å². The van der Waals surface area contributed by atoms with Gasteiger partial charge in [0, 0.05) is 75.4 Å². The smallest absolute Gasteiger partial charge is 0.406 e.